The highest BCUT2D eigenvalue weighted by atomic mass is 16.6. The SMILES string of the molecule is CCC(CCC(=O)OC(=O)c1ccccc1)OC. The van der Waals surface area contributed by atoms with Crippen LogP contribution in [0.1, 0.15) is 36.5 Å². The van der Waals surface area contributed by atoms with E-state index in [1.165, 1.54) is 0 Å². The summed E-state index contributed by atoms with van der Waals surface area (Å²) in [5.41, 5.74) is 0.379. The average molecular weight is 250 g/mol. The summed E-state index contributed by atoms with van der Waals surface area (Å²) in [5.74, 6) is -1.12. The van der Waals surface area contributed by atoms with E-state index in [-0.39, 0.29) is 12.5 Å². The first-order valence-electron chi connectivity index (χ1n) is 6.00. The fraction of sp³-hybridized carbons (Fsp3) is 0.429. The van der Waals surface area contributed by atoms with Crippen LogP contribution < -0.4 is 0 Å². The smallest absolute Gasteiger partial charge is 0.345 e. The summed E-state index contributed by atoms with van der Waals surface area (Å²) in [6, 6.07) is 8.46. The van der Waals surface area contributed by atoms with Crippen LogP contribution in [0.2, 0.25) is 0 Å². The Bertz CT molecular complexity index is 382. The molecule has 0 saturated carbocycles. The molecule has 1 rings (SSSR count). The molecule has 1 aromatic carbocycles. The number of hydrogen-bond donors (Lipinski definition) is 0. The second kappa shape index (κ2) is 7.61. The van der Waals surface area contributed by atoms with Crippen LogP contribution in [0.15, 0.2) is 30.3 Å². The third kappa shape index (κ3) is 4.67. The molecule has 4 heteroatoms. The number of ether oxygens (including phenoxy) is 2. The quantitative estimate of drug-likeness (QED) is 0.575. The Labute approximate surface area is 107 Å². The van der Waals surface area contributed by atoms with Crippen molar-refractivity contribution >= 4 is 11.9 Å². The van der Waals surface area contributed by atoms with Gasteiger partial charge in [0.2, 0.25) is 0 Å². The lowest BCUT2D eigenvalue weighted by Gasteiger charge is -2.11. The van der Waals surface area contributed by atoms with Gasteiger partial charge < -0.3 is 9.47 Å². The van der Waals surface area contributed by atoms with Crippen LogP contribution in [0.25, 0.3) is 0 Å². The molecule has 0 heterocycles. The van der Waals surface area contributed by atoms with E-state index in [9.17, 15) is 9.59 Å². The minimum atomic E-state index is -0.605. The number of hydrogen-bond acceptors (Lipinski definition) is 4. The van der Waals surface area contributed by atoms with Crippen LogP contribution in [-0.2, 0) is 14.3 Å². The van der Waals surface area contributed by atoms with Crippen molar-refractivity contribution < 1.29 is 19.1 Å². The van der Waals surface area contributed by atoms with E-state index in [0.717, 1.165) is 6.42 Å². The van der Waals surface area contributed by atoms with Gasteiger partial charge in [0.1, 0.15) is 0 Å². The van der Waals surface area contributed by atoms with E-state index in [2.05, 4.69) is 0 Å². The van der Waals surface area contributed by atoms with Gasteiger partial charge in [-0.1, -0.05) is 25.1 Å². The Kier molecular flexibility index (Phi) is 6.08. The van der Waals surface area contributed by atoms with Gasteiger partial charge in [-0.15, -0.1) is 0 Å². The molecule has 0 aliphatic carbocycles. The molecule has 0 radical (unpaired) electrons. The summed E-state index contributed by atoms with van der Waals surface area (Å²) in [5, 5.41) is 0. The number of rotatable bonds is 6. The molecule has 1 unspecified atom stereocenters. The molecule has 0 aromatic heterocycles. The van der Waals surface area contributed by atoms with E-state index in [1.807, 2.05) is 6.92 Å². The van der Waals surface area contributed by atoms with Crippen molar-refractivity contribution in [3.8, 4) is 0 Å². The Hall–Kier alpha value is -1.68. The molecule has 0 N–H and O–H groups in total. The number of carbonyl (C=O) groups excluding carboxylic acids is 2. The van der Waals surface area contributed by atoms with Gasteiger partial charge in [0.05, 0.1) is 11.7 Å². The minimum absolute atomic E-state index is 0.0318. The van der Waals surface area contributed by atoms with Gasteiger partial charge >= 0.3 is 11.9 Å². The first kappa shape index (κ1) is 14.4. The molecular weight excluding hydrogens is 232 g/mol. The lowest BCUT2D eigenvalue weighted by Crippen LogP contribution is -2.16. The fourth-order valence-corrected chi connectivity index (χ4v) is 1.56. The van der Waals surface area contributed by atoms with Crippen molar-refractivity contribution in [2.24, 2.45) is 0 Å². The van der Waals surface area contributed by atoms with E-state index >= 15 is 0 Å². The molecule has 4 nitrogen and oxygen atoms in total. The van der Waals surface area contributed by atoms with Gasteiger partial charge in [-0.2, -0.15) is 0 Å². The Morgan fingerprint density at radius 2 is 1.89 bits per heavy atom. The molecule has 0 fully saturated rings. The highest BCUT2D eigenvalue weighted by Crippen LogP contribution is 2.08. The van der Waals surface area contributed by atoms with Gasteiger partial charge in [-0.25, -0.2) is 4.79 Å². The average Bonchev–Trinajstić information content (AvgIpc) is 2.41. The zero-order valence-corrected chi connectivity index (χ0v) is 10.7. The van der Waals surface area contributed by atoms with Crippen LogP contribution in [0.3, 0.4) is 0 Å². The van der Waals surface area contributed by atoms with Crippen LogP contribution in [0, 0.1) is 0 Å². The molecule has 0 saturated heterocycles. The van der Waals surface area contributed by atoms with Crippen molar-refractivity contribution in [2.45, 2.75) is 32.3 Å². The van der Waals surface area contributed by atoms with E-state index in [4.69, 9.17) is 9.47 Å². The molecule has 0 aliphatic heterocycles. The number of methoxy groups -OCH3 is 1. The summed E-state index contributed by atoms with van der Waals surface area (Å²) in [6.07, 6.45) is 1.61. The molecule has 0 spiro atoms. The highest BCUT2D eigenvalue weighted by Gasteiger charge is 2.14. The van der Waals surface area contributed by atoms with Crippen molar-refractivity contribution in [1.29, 1.82) is 0 Å². The summed E-state index contributed by atoms with van der Waals surface area (Å²) in [4.78, 5) is 23.0. The molecule has 0 amide bonds. The third-order valence-electron chi connectivity index (χ3n) is 2.68. The van der Waals surface area contributed by atoms with E-state index < -0.39 is 11.9 Å². The number of esters is 2. The molecular formula is C14H18O4. The predicted octanol–water partition coefficient (Wildman–Crippen LogP) is 2.58. The van der Waals surface area contributed by atoms with Crippen molar-refractivity contribution in [1.82, 2.24) is 0 Å². The number of carbonyl (C=O) groups is 2. The summed E-state index contributed by atoms with van der Waals surface area (Å²) in [7, 11) is 1.61. The molecule has 1 atom stereocenters. The molecule has 98 valence electrons. The second-order valence-corrected chi connectivity index (χ2v) is 3.93. The molecule has 0 aliphatic rings. The second-order valence-electron chi connectivity index (χ2n) is 3.93. The largest absolute Gasteiger partial charge is 0.389 e. The zero-order chi connectivity index (χ0) is 13.4. The van der Waals surface area contributed by atoms with Gasteiger partial charge in [-0.05, 0) is 25.0 Å². The maximum absolute atomic E-state index is 11.6. The zero-order valence-electron chi connectivity index (χ0n) is 10.7. The lowest BCUT2D eigenvalue weighted by molar-refractivity contribution is -0.138. The van der Waals surface area contributed by atoms with E-state index in [1.54, 1.807) is 37.4 Å². The Morgan fingerprint density at radius 1 is 1.22 bits per heavy atom. The number of benzene rings is 1. The fourth-order valence-electron chi connectivity index (χ4n) is 1.56. The monoisotopic (exact) mass is 250 g/mol. The molecule has 1 aromatic rings. The first-order valence-corrected chi connectivity index (χ1v) is 6.00. The normalized spacial score (nSPS) is 11.9. The highest BCUT2D eigenvalue weighted by molar-refractivity contribution is 5.96. The maximum atomic E-state index is 11.6. The maximum Gasteiger partial charge on any atom is 0.345 e. The van der Waals surface area contributed by atoms with Gasteiger partial charge in [0, 0.05) is 13.5 Å². The summed E-state index contributed by atoms with van der Waals surface area (Å²) in [6.45, 7) is 1.98. The Morgan fingerprint density at radius 3 is 2.44 bits per heavy atom. The minimum Gasteiger partial charge on any atom is -0.389 e. The van der Waals surface area contributed by atoms with Crippen LogP contribution in [-0.4, -0.2) is 25.2 Å². The summed E-state index contributed by atoms with van der Waals surface area (Å²) >= 11 is 0. The third-order valence-corrected chi connectivity index (χ3v) is 2.68. The topological polar surface area (TPSA) is 52.6 Å². The molecule has 18 heavy (non-hydrogen) atoms. The van der Waals surface area contributed by atoms with Gasteiger partial charge in [-0.3, -0.25) is 4.79 Å². The lowest BCUT2D eigenvalue weighted by atomic mass is 10.1. The van der Waals surface area contributed by atoms with Gasteiger partial charge in [0.25, 0.3) is 0 Å². The standard InChI is InChI=1S/C14H18O4/c1-3-12(17-2)9-10-13(15)18-14(16)11-7-5-4-6-8-11/h4-8,12H,3,9-10H2,1-2H3. The van der Waals surface area contributed by atoms with Crippen molar-refractivity contribution in [3.63, 3.8) is 0 Å². The molecule has 0 bridgehead atoms. The van der Waals surface area contributed by atoms with Crippen molar-refractivity contribution in [2.75, 3.05) is 7.11 Å². The summed E-state index contributed by atoms with van der Waals surface area (Å²) < 4.78 is 9.89. The Balaban J connectivity index is 2.39. The van der Waals surface area contributed by atoms with Gasteiger partial charge in [0.15, 0.2) is 0 Å². The first-order chi connectivity index (χ1) is 8.67. The van der Waals surface area contributed by atoms with Crippen LogP contribution in [0.4, 0.5) is 0 Å². The van der Waals surface area contributed by atoms with Crippen LogP contribution >= 0.6 is 0 Å². The predicted molar refractivity (Wildman–Crippen MR) is 67.2 cm³/mol. The van der Waals surface area contributed by atoms with Crippen molar-refractivity contribution in [3.05, 3.63) is 35.9 Å². The van der Waals surface area contributed by atoms with E-state index in [0.29, 0.717) is 12.0 Å². The van der Waals surface area contributed by atoms with Crippen LogP contribution in [0.5, 0.6) is 0 Å².